The lowest BCUT2D eigenvalue weighted by atomic mass is 10.2. The lowest BCUT2D eigenvalue weighted by Crippen LogP contribution is -2.38. The van der Waals surface area contributed by atoms with Gasteiger partial charge in [-0.15, -0.1) is 10.2 Å². The summed E-state index contributed by atoms with van der Waals surface area (Å²) < 4.78 is 11.0. The molecule has 0 aliphatic heterocycles. The SMILES string of the molecule is O=C(c1ccco1)N(Cc1nnc(-c2ccc([N+](=O)[O-])cc2)o1)C1CCCC1. The summed E-state index contributed by atoms with van der Waals surface area (Å²) >= 11 is 0. The van der Waals surface area contributed by atoms with Crippen molar-refractivity contribution in [2.24, 2.45) is 0 Å². The Bertz CT molecular complexity index is 959. The monoisotopic (exact) mass is 382 g/mol. The van der Waals surface area contributed by atoms with Gasteiger partial charge in [-0.1, -0.05) is 12.8 Å². The number of nitrogens with zero attached hydrogens (tertiary/aromatic N) is 4. The zero-order valence-corrected chi connectivity index (χ0v) is 15.0. The Labute approximate surface area is 160 Å². The van der Waals surface area contributed by atoms with Gasteiger partial charge in [0.1, 0.15) is 0 Å². The van der Waals surface area contributed by atoms with Crippen LogP contribution in [0.5, 0.6) is 0 Å². The van der Waals surface area contributed by atoms with E-state index in [2.05, 4.69) is 10.2 Å². The Kier molecular flexibility index (Phi) is 4.88. The number of benzene rings is 1. The number of nitro groups is 1. The second kappa shape index (κ2) is 7.63. The zero-order chi connectivity index (χ0) is 19.5. The van der Waals surface area contributed by atoms with E-state index in [4.69, 9.17) is 8.83 Å². The number of non-ortho nitro benzene ring substituents is 1. The molecule has 3 aromatic rings. The van der Waals surface area contributed by atoms with Crippen molar-refractivity contribution in [1.29, 1.82) is 0 Å². The minimum Gasteiger partial charge on any atom is -0.459 e. The maximum Gasteiger partial charge on any atom is 0.290 e. The van der Waals surface area contributed by atoms with E-state index < -0.39 is 4.92 Å². The van der Waals surface area contributed by atoms with Crippen LogP contribution in [-0.4, -0.2) is 32.0 Å². The highest BCUT2D eigenvalue weighted by Gasteiger charge is 2.30. The van der Waals surface area contributed by atoms with Crippen LogP contribution in [0.3, 0.4) is 0 Å². The van der Waals surface area contributed by atoms with E-state index in [1.807, 2.05) is 0 Å². The molecular weight excluding hydrogens is 364 g/mol. The molecule has 1 fully saturated rings. The van der Waals surface area contributed by atoms with Gasteiger partial charge in [-0.25, -0.2) is 0 Å². The Morgan fingerprint density at radius 2 is 1.93 bits per heavy atom. The van der Waals surface area contributed by atoms with E-state index in [9.17, 15) is 14.9 Å². The Morgan fingerprint density at radius 1 is 1.18 bits per heavy atom. The highest BCUT2D eigenvalue weighted by molar-refractivity contribution is 5.91. The molecule has 9 heteroatoms. The molecule has 0 radical (unpaired) electrons. The van der Waals surface area contributed by atoms with Crippen molar-refractivity contribution in [3.8, 4) is 11.5 Å². The van der Waals surface area contributed by atoms with Crippen LogP contribution < -0.4 is 0 Å². The Morgan fingerprint density at radius 3 is 2.57 bits per heavy atom. The van der Waals surface area contributed by atoms with Gasteiger partial charge < -0.3 is 13.7 Å². The molecule has 0 atom stereocenters. The first-order valence-electron chi connectivity index (χ1n) is 9.03. The number of rotatable bonds is 6. The molecular formula is C19H18N4O5. The minimum absolute atomic E-state index is 0.0139. The molecule has 1 amide bonds. The van der Waals surface area contributed by atoms with Crippen molar-refractivity contribution in [2.45, 2.75) is 38.3 Å². The summed E-state index contributed by atoms with van der Waals surface area (Å²) in [5, 5.41) is 18.8. The molecule has 0 bridgehead atoms. The topological polar surface area (TPSA) is 116 Å². The van der Waals surface area contributed by atoms with E-state index in [0.717, 1.165) is 25.7 Å². The third kappa shape index (κ3) is 3.64. The number of hydrogen-bond acceptors (Lipinski definition) is 7. The highest BCUT2D eigenvalue weighted by Crippen LogP contribution is 2.27. The van der Waals surface area contributed by atoms with Crippen molar-refractivity contribution in [1.82, 2.24) is 15.1 Å². The maximum absolute atomic E-state index is 12.9. The fourth-order valence-corrected chi connectivity index (χ4v) is 3.43. The van der Waals surface area contributed by atoms with Crippen LogP contribution in [0, 0.1) is 10.1 Å². The predicted octanol–water partition coefficient (Wildman–Crippen LogP) is 3.82. The van der Waals surface area contributed by atoms with Crippen molar-refractivity contribution in [3.63, 3.8) is 0 Å². The molecule has 0 spiro atoms. The number of amides is 1. The van der Waals surface area contributed by atoms with Crippen molar-refractivity contribution < 1.29 is 18.6 Å². The average molecular weight is 382 g/mol. The van der Waals surface area contributed by atoms with Gasteiger partial charge >= 0.3 is 0 Å². The summed E-state index contributed by atoms with van der Waals surface area (Å²) in [7, 11) is 0. The molecule has 9 nitrogen and oxygen atoms in total. The van der Waals surface area contributed by atoms with Crippen molar-refractivity contribution >= 4 is 11.6 Å². The number of carbonyl (C=O) groups is 1. The molecule has 0 saturated heterocycles. The van der Waals surface area contributed by atoms with Crippen LogP contribution in [-0.2, 0) is 6.54 Å². The van der Waals surface area contributed by atoms with E-state index in [1.165, 1.54) is 18.4 Å². The van der Waals surface area contributed by atoms with Crippen LogP contribution in [0.1, 0.15) is 42.1 Å². The van der Waals surface area contributed by atoms with Gasteiger partial charge in [-0.3, -0.25) is 14.9 Å². The zero-order valence-electron chi connectivity index (χ0n) is 15.0. The molecule has 1 aliphatic rings. The third-order valence-corrected chi connectivity index (χ3v) is 4.86. The summed E-state index contributed by atoms with van der Waals surface area (Å²) in [6.07, 6.45) is 5.47. The van der Waals surface area contributed by atoms with Crippen molar-refractivity contribution in [2.75, 3.05) is 0 Å². The first-order valence-corrected chi connectivity index (χ1v) is 9.03. The summed E-state index contributed by atoms with van der Waals surface area (Å²) in [5.74, 6) is 0.635. The molecule has 2 aromatic heterocycles. The van der Waals surface area contributed by atoms with Crippen LogP contribution >= 0.6 is 0 Å². The molecule has 28 heavy (non-hydrogen) atoms. The minimum atomic E-state index is -0.469. The summed E-state index contributed by atoms with van der Waals surface area (Å²) in [6, 6.07) is 9.29. The highest BCUT2D eigenvalue weighted by atomic mass is 16.6. The van der Waals surface area contributed by atoms with E-state index >= 15 is 0 Å². The molecule has 4 rings (SSSR count). The second-order valence-electron chi connectivity index (χ2n) is 6.65. The average Bonchev–Trinajstić information content (AvgIpc) is 3.48. The van der Waals surface area contributed by atoms with Gasteiger partial charge in [0.05, 0.1) is 17.7 Å². The van der Waals surface area contributed by atoms with Crippen molar-refractivity contribution in [3.05, 3.63) is 64.4 Å². The number of furan rings is 1. The number of carbonyl (C=O) groups excluding carboxylic acids is 1. The largest absolute Gasteiger partial charge is 0.459 e. The first kappa shape index (κ1) is 17.9. The van der Waals surface area contributed by atoms with Crippen LogP contribution in [0.4, 0.5) is 5.69 Å². The molecule has 1 saturated carbocycles. The van der Waals surface area contributed by atoms with Gasteiger partial charge in [0, 0.05) is 23.7 Å². The lowest BCUT2D eigenvalue weighted by molar-refractivity contribution is -0.384. The van der Waals surface area contributed by atoms with Gasteiger partial charge in [0.15, 0.2) is 5.76 Å². The number of nitro benzene ring substituents is 1. The van der Waals surface area contributed by atoms with Gasteiger partial charge in [-0.2, -0.15) is 0 Å². The normalized spacial score (nSPS) is 14.3. The summed E-state index contributed by atoms with van der Waals surface area (Å²) in [6.45, 7) is 0.185. The van der Waals surface area contributed by atoms with Crippen LogP contribution in [0.25, 0.3) is 11.5 Å². The van der Waals surface area contributed by atoms with Gasteiger partial charge in [0.25, 0.3) is 11.6 Å². The second-order valence-corrected chi connectivity index (χ2v) is 6.65. The summed E-state index contributed by atoms with van der Waals surface area (Å²) in [5.41, 5.74) is 0.564. The van der Waals surface area contributed by atoms with Crippen LogP contribution in [0.15, 0.2) is 51.5 Å². The Hall–Kier alpha value is -3.49. The molecule has 1 aromatic carbocycles. The number of hydrogen-bond donors (Lipinski definition) is 0. The lowest BCUT2D eigenvalue weighted by Gasteiger charge is -2.26. The molecule has 0 unspecified atom stereocenters. The molecule has 1 aliphatic carbocycles. The van der Waals surface area contributed by atoms with E-state index in [0.29, 0.717) is 11.5 Å². The van der Waals surface area contributed by atoms with E-state index in [1.54, 1.807) is 29.2 Å². The Balaban J connectivity index is 1.54. The first-order chi connectivity index (χ1) is 13.6. The molecule has 144 valence electrons. The molecule has 2 heterocycles. The number of aromatic nitrogens is 2. The van der Waals surface area contributed by atoms with Gasteiger partial charge in [-0.05, 0) is 37.1 Å². The molecule has 0 N–H and O–H groups in total. The maximum atomic E-state index is 12.9. The fraction of sp³-hybridized carbons (Fsp3) is 0.316. The smallest absolute Gasteiger partial charge is 0.290 e. The van der Waals surface area contributed by atoms with Crippen LogP contribution in [0.2, 0.25) is 0 Å². The van der Waals surface area contributed by atoms with E-state index in [-0.39, 0.29) is 35.8 Å². The quantitative estimate of drug-likeness (QED) is 0.470. The predicted molar refractivity (Wildman–Crippen MR) is 97.2 cm³/mol. The fourth-order valence-electron chi connectivity index (χ4n) is 3.43. The van der Waals surface area contributed by atoms with Gasteiger partial charge in [0.2, 0.25) is 11.8 Å². The third-order valence-electron chi connectivity index (χ3n) is 4.86. The standard InChI is InChI=1S/C19H18N4O5/c24-19(16-6-3-11-27-16)22(14-4-1-2-5-14)12-17-20-21-18(28-17)13-7-9-15(10-8-13)23(25)26/h3,6-11,14H,1-2,4-5,12H2. The summed E-state index contributed by atoms with van der Waals surface area (Å²) in [4.78, 5) is 24.9.